The van der Waals surface area contributed by atoms with Crippen molar-refractivity contribution in [3.05, 3.63) is 0 Å². The Kier molecular flexibility index (Phi) is 12.3. The first-order chi connectivity index (χ1) is 11.7. The zero-order valence-electron chi connectivity index (χ0n) is 14.9. The SMILES string of the molecule is CC(C)(CCSCCNC(=O)CCNC(=O)C(O)CCO)CC(=O)O. The van der Waals surface area contributed by atoms with Crippen LogP contribution in [0.1, 0.15) is 39.5 Å². The molecule has 0 aromatic heterocycles. The molecule has 0 aromatic carbocycles. The van der Waals surface area contributed by atoms with Crippen LogP contribution in [0.3, 0.4) is 0 Å². The monoisotopic (exact) mass is 378 g/mol. The average Bonchev–Trinajstić information content (AvgIpc) is 2.49. The smallest absolute Gasteiger partial charge is 0.303 e. The molecule has 0 aromatic rings. The molecule has 0 saturated heterocycles. The average molecular weight is 378 g/mol. The molecule has 25 heavy (non-hydrogen) atoms. The van der Waals surface area contributed by atoms with E-state index in [1.165, 1.54) is 0 Å². The summed E-state index contributed by atoms with van der Waals surface area (Å²) in [6, 6.07) is 0. The molecule has 0 saturated carbocycles. The van der Waals surface area contributed by atoms with Crippen molar-refractivity contribution < 1.29 is 29.7 Å². The number of hydrogen-bond donors (Lipinski definition) is 5. The number of aliphatic hydroxyl groups excluding tert-OH is 2. The number of aliphatic hydroxyl groups is 2. The molecule has 0 aliphatic rings. The van der Waals surface area contributed by atoms with Crippen LogP contribution in [0.2, 0.25) is 0 Å². The second-order valence-corrected chi connectivity index (χ2v) is 7.74. The third kappa shape index (κ3) is 13.6. The van der Waals surface area contributed by atoms with Crippen LogP contribution in [0.25, 0.3) is 0 Å². The molecule has 2 amide bonds. The van der Waals surface area contributed by atoms with Crippen molar-refractivity contribution in [2.24, 2.45) is 5.41 Å². The largest absolute Gasteiger partial charge is 0.481 e. The molecule has 0 spiro atoms. The lowest BCUT2D eigenvalue weighted by Crippen LogP contribution is -2.37. The van der Waals surface area contributed by atoms with Gasteiger partial charge in [-0.25, -0.2) is 0 Å². The van der Waals surface area contributed by atoms with Crippen molar-refractivity contribution in [1.82, 2.24) is 10.6 Å². The molecular weight excluding hydrogens is 348 g/mol. The van der Waals surface area contributed by atoms with Gasteiger partial charge in [-0.2, -0.15) is 11.8 Å². The molecule has 9 heteroatoms. The lowest BCUT2D eigenvalue weighted by molar-refractivity contribution is -0.139. The van der Waals surface area contributed by atoms with Gasteiger partial charge in [-0.05, 0) is 17.6 Å². The van der Waals surface area contributed by atoms with Gasteiger partial charge < -0.3 is 26.0 Å². The number of amides is 2. The molecule has 8 nitrogen and oxygen atoms in total. The minimum absolute atomic E-state index is 0.0292. The van der Waals surface area contributed by atoms with Crippen LogP contribution < -0.4 is 10.6 Å². The first-order valence-corrected chi connectivity index (χ1v) is 9.46. The number of carboxylic acids is 1. The van der Waals surface area contributed by atoms with Gasteiger partial charge in [0.15, 0.2) is 0 Å². The molecule has 0 rings (SSSR count). The van der Waals surface area contributed by atoms with Crippen molar-refractivity contribution >= 4 is 29.5 Å². The maximum atomic E-state index is 11.6. The second-order valence-electron chi connectivity index (χ2n) is 6.52. The number of aliphatic carboxylic acids is 1. The molecule has 0 aliphatic heterocycles. The molecule has 1 unspecified atom stereocenters. The van der Waals surface area contributed by atoms with Gasteiger partial charge in [0.05, 0.1) is 6.42 Å². The zero-order valence-corrected chi connectivity index (χ0v) is 15.7. The van der Waals surface area contributed by atoms with E-state index in [-0.39, 0.29) is 43.7 Å². The van der Waals surface area contributed by atoms with E-state index in [4.69, 9.17) is 10.2 Å². The van der Waals surface area contributed by atoms with Gasteiger partial charge in [0.1, 0.15) is 6.10 Å². The minimum Gasteiger partial charge on any atom is -0.481 e. The number of hydrogen-bond acceptors (Lipinski definition) is 6. The number of nitrogens with one attached hydrogen (secondary N) is 2. The lowest BCUT2D eigenvalue weighted by atomic mass is 9.87. The van der Waals surface area contributed by atoms with Crippen molar-refractivity contribution in [2.75, 3.05) is 31.2 Å². The van der Waals surface area contributed by atoms with Crippen LogP contribution in [-0.2, 0) is 14.4 Å². The van der Waals surface area contributed by atoms with Gasteiger partial charge >= 0.3 is 5.97 Å². The number of thioether (sulfide) groups is 1. The van der Waals surface area contributed by atoms with Crippen LogP contribution >= 0.6 is 11.8 Å². The maximum Gasteiger partial charge on any atom is 0.303 e. The number of carboxylic acid groups (broad SMARTS) is 1. The molecule has 0 bridgehead atoms. The van der Waals surface area contributed by atoms with E-state index in [0.29, 0.717) is 6.54 Å². The maximum absolute atomic E-state index is 11.6. The summed E-state index contributed by atoms with van der Waals surface area (Å²) in [5.74, 6) is -0.0193. The van der Waals surface area contributed by atoms with E-state index in [1.807, 2.05) is 13.8 Å². The Morgan fingerprint density at radius 3 is 2.40 bits per heavy atom. The third-order valence-corrected chi connectivity index (χ3v) is 4.46. The van der Waals surface area contributed by atoms with Crippen molar-refractivity contribution in [1.29, 1.82) is 0 Å². The highest BCUT2D eigenvalue weighted by Crippen LogP contribution is 2.26. The Bertz CT molecular complexity index is 431. The molecule has 5 N–H and O–H groups in total. The fraction of sp³-hybridized carbons (Fsp3) is 0.812. The summed E-state index contributed by atoms with van der Waals surface area (Å²) in [7, 11) is 0. The first-order valence-electron chi connectivity index (χ1n) is 8.31. The van der Waals surface area contributed by atoms with Crippen LogP contribution in [0, 0.1) is 5.41 Å². The van der Waals surface area contributed by atoms with Gasteiger partial charge in [-0.3, -0.25) is 14.4 Å². The molecule has 0 aliphatic carbocycles. The van der Waals surface area contributed by atoms with E-state index in [2.05, 4.69) is 10.6 Å². The summed E-state index contributed by atoms with van der Waals surface area (Å²) in [6.45, 7) is 4.21. The molecule has 0 fully saturated rings. The molecule has 146 valence electrons. The van der Waals surface area contributed by atoms with Crippen LogP contribution in [0.15, 0.2) is 0 Å². The van der Waals surface area contributed by atoms with Crippen LogP contribution in [-0.4, -0.2) is 70.4 Å². The Labute approximate surface area is 152 Å². The van der Waals surface area contributed by atoms with Crippen molar-refractivity contribution in [3.63, 3.8) is 0 Å². The second kappa shape index (κ2) is 13.0. The predicted octanol–water partition coefficient (Wildman–Crippen LogP) is -0.0236. The van der Waals surface area contributed by atoms with Gasteiger partial charge in [0.25, 0.3) is 0 Å². The fourth-order valence-corrected chi connectivity index (χ4v) is 3.12. The van der Waals surface area contributed by atoms with Gasteiger partial charge in [0.2, 0.25) is 11.8 Å². The van der Waals surface area contributed by atoms with E-state index in [1.54, 1.807) is 11.8 Å². The number of carbonyl (C=O) groups is 3. The fourth-order valence-electron chi connectivity index (χ4n) is 1.97. The summed E-state index contributed by atoms with van der Waals surface area (Å²) in [5.41, 5.74) is -0.235. The van der Waals surface area contributed by atoms with E-state index >= 15 is 0 Å². The van der Waals surface area contributed by atoms with Gasteiger partial charge in [-0.1, -0.05) is 13.8 Å². The Balaban J connectivity index is 3.65. The summed E-state index contributed by atoms with van der Waals surface area (Å²) < 4.78 is 0. The van der Waals surface area contributed by atoms with Crippen molar-refractivity contribution in [3.8, 4) is 0 Å². The third-order valence-electron chi connectivity index (χ3n) is 3.48. The Morgan fingerprint density at radius 1 is 1.12 bits per heavy atom. The normalized spacial score (nSPS) is 12.5. The van der Waals surface area contributed by atoms with Crippen LogP contribution in [0.5, 0.6) is 0 Å². The molecular formula is C16H30N2O6S. The Morgan fingerprint density at radius 2 is 1.80 bits per heavy atom. The standard InChI is InChI=1S/C16H30N2O6S/c1-16(2,11-14(22)23)5-9-25-10-7-17-13(21)3-6-18-15(24)12(20)4-8-19/h12,19-20H,3-11H2,1-2H3,(H,17,21)(H,18,24)(H,22,23). The van der Waals surface area contributed by atoms with Gasteiger partial charge in [-0.15, -0.1) is 0 Å². The van der Waals surface area contributed by atoms with Gasteiger partial charge in [0, 0.05) is 38.3 Å². The topological polar surface area (TPSA) is 136 Å². The zero-order chi connectivity index (χ0) is 19.3. The summed E-state index contributed by atoms with van der Waals surface area (Å²) in [5, 5.41) is 31.9. The molecule has 0 radical (unpaired) electrons. The summed E-state index contributed by atoms with van der Waals surface area (Å²) in [6.07, 6.45) is -0.231. The highest BCUT2D eigenvalue weighted by atomic mass is 32.2. The molecule has 1 atom stereocenters. The van der Waals surface area contributed by atoms with E-state index in [9.17, 15) is 19.5 Å². The van der Waals surface area contributed by atoms with Crippen LogP contribution in [0.4, 0.5) is 0 Å². The quantitative estimate of drug-likeness (QED) is 0.268. The number of carbonyl (C=O) groups excluding carboxylic acids is 2. The highest BCUT2D eigenvalue weighted by Gasteiger charge is 2.21. The lowest BCUT2D eigenvalue weighted by Gasteiger charge is -2.21. The number of rotatable bonds is 14. The summed E-state index contributed by atoms with van der Waals surface area (Å²) >= 11 is 1.65. The van der Waals surface area contributed by atoms with E-state index in [0.717, 1.165) is 17.9 Å². The van der Waals surface area contributed by atoms with Crippen molar-refractivity contribution in [2.45, 2.75) is 45.6 Å². The predicted molar refractivity (Wildman–Crippen MR) is 96.3 cm³/mol. The minimum atomic E-state index is -1.25. The first kappa shape index (κ1) is 23.7. The highest BCUT2D eigenvalue weighted by molar-refractivity contribution is 7.99. The molecule has 0 heterocycles. The summed E-state index contributed by atoms with van der Waals surface area (Å²) in [4.78, 5) is 33.7. The van der Waals surface area contributed by atoms with E-state index < -0.39 is 18.0 Å². The Hall–Kier alpha value is -1.32.